The van der Waals surface area contributed by atoms with Gasteiger partial charge in [-0.2, -0.15) is 0 Å². The smallest absolute Gasteiger partial charge is 0.275 e. The van der Waals surface area contributed by atoms with Gasteiger partial charge in [0.2, 0.25) is 5.43 Å². The van der Waals surface area contributed by atoms with Crippen molar-refractivity contribution in [3.05, 3.63) is 63.1 Å². The van der Waals surface area contributed by atoms with E-state index in [1.54, 1.807) is 16.7 Å². The van der Waals surface area contributed by atoms with E-state index in [4.69, 9.17) is 0 Å². The van der Waals surface area contributed by atoms with Gasteiger partial charge in [0.15, 0.2) is 11.4 Å². The van der Waals surface area contributed by atoms with Gasteiger partial charge in [-0.1, -0.05) is 13.0 Å². The second kappa shape index (κ2) is 7.75. The Labute approximate surface area is 174 Å². The van der Waals surface area contributed by atoms with Crippen molar-refractivity contribution in [2.75, 3.05) is 12.3 Å². The lowest BCUT2D eigenvalue weighted by Crippen LogP contribution is -2.52. The van der Waals surface area contributed by atoms with Gasteiger partial charge in [-0.3, -0.25) is 14.4 Å². The molecule has 1 fully saturated rings. The van der Waals surface area contributed by atoms with Crippen molar-refractivity contribution >= 4 is 23.6 Å². The third kappa shape index (κ3) is 3.55. The van der Waals surface area contributed by atoms with Gasteiger partial charge >= 0.3 is 0 Å². The molecular weight excluding hydrogens is 416 g/mol. The first-order valence-electron chi connectivity index (χ1n) is 9.37. The summed E-state index contributed by atoms with van der Waals surface area (Å²) in [5, 5.41) is 12.6. The molecule has 0 radical (unpaired) electrons. The molecule has 30 heavy (non-hydrogen) atoms. The third-order valence-corrected chi connectivity index (χ3v) is 6.75. The summed E-state index contributed by atoms with van der Waals surface area (Å²) in [4.78, 5) is 39.6. The first-order chi connectivity index (χ1) is 14.3. The molecule has 2 amide bonds. The molecule has 10 heteroatoms. The standard InChI is InChI=1S/C20H19F2N3O4S/c1-10-6-25-15(30-9-10)8-24-7-13(17(26)18(27)16(24)20(25)29)19(28)23-5-11-2-3-12(21)4-14(11)22/h2-4,7,10,15,27H,5-6,8-9H2,1H3,(H,23,28). The van der Waals surface area contributed by atoms with E-state index in [2.05, 4.69) is 5.32 Å². The van der Waals surface area contributed by atoms with Gasteiger partial charge in [-0.15, -0.1) is 11.8 Å². The van der Waals surface area contributed by atoms with Gasteiger partial charge in [-0.25, -0.2) is 8.78 Å². The highest BCUT2D eigenvalue weighted by Crippen LogP contribution is 2.34. The third-order valence-electron chi connectivity index (χ3n) is 5.20. The number of carbonyl (C=O) groups is 2. The highest BCUT2D eigenvalue weighted by atomic mass is 32.2. The van der Waals surface area contributed by atoms with Crippen molar-refractivity contribution in [1.29, 1.82) is 0 Å². The molecule has 2 aliphatic rings. The number of thioether (sulfide) groups is 1. The number of halogens is 2. The topological polar surface area (TPSA) is 91.6 Å². The average Bonchev–Trinajstić information content (AvgIpc) is 2.70. The largest absolute Gasteiger partial charge is 0.503 e. The van der Waals surface area contributed by atoms with Crippen LogP contribution in [0.5, 0.6) is 5.75 Å². The Kier molecular flexibility index (Phi) is 5.27. The van der Waals surface area contributed by atoms with Crippen LogP contribution in [0.1, 0.15) is 33.3 Å². The van der Waals surface area contributed by atoms with E-state index in [0.29, 0.717) is 25.1 Å². The molecule has 1 aromatic carbocycles. The van der Waals surface area contributed by atoms with Gasteiger partial charge in [-0.05, 0) is 17.7 Å². The van der Waals surface area contributed by atoms with E-state index in [0.717, 1.165) is 11.8 Å². The Balaban J connectivity index is 1.61. The van der Waals surface area contributed by atoms with E-state index in [-0.39, 0.29) is 28.7 Å². The zero-order chi connectivity index (χ0) is 21.6. The molecule has 0 aliphatic carbocycles. The number of rotatable bonds is 3. The Morgan fingerprint density at radius 1 is 1.30 bits per heavy atom. The summed E-state index contributed by atoms with van der Waals surface area (Å²) >= 11 is 1.61. The second-order valence-corrected chi connectivity index (χ2v) is 8.70. The minimum Gasteiger partial charge on any atom is -0.503 e. The average molecular weight is 435 g/mol. The molecule has 0 saturated carbocycles. The van der Waals surface area contributed by atoms with E-state index in [1.807, 2.05) is 6.92 Å². The van der Waals surface area contributed by atoms with Gasteiger partial charge in [0.25, 0.3) is 11.8 Å². The van der Waals surface area contributed by atoms with Gasteiger partial charge in [0.1, 0.15) is 17.2 Å². The maximum Gasteiger partial charge on any atom is 0.275 e. The fraction of sp³-hybridized carbons (Fsp3) is 0.350. The number of aromatic nitrogens is 1. The van der Waals surface area contributed by atoms with Crippen molar-refractivity contribution in [3.8, 4) is 5.75 Å². The van der Waals surface area contributed by atoms with Gasteiger partial charge < -0.3 is 19.9 Å². The lowest BCUT2D eigenvalue weighted by Gasteiger charge is -2.42. The van der Waals surface area contributed by atoms with E-state index >= 15 is 0 Å². The van der Waals surface area contributed by atoms with Crippen molar-refractivity contribution in [2.24, 2.45) is 5.92 Å². The first kappa shape index (κ1) is 20.4. The number of nitrogens with zero attached hydrogens (tertiary/aromatic N) is 2. The van der Waals surface area contributed by atoms with E-state index < -0.39 is 34.6 Å². The fourth-order valence-corrected chi connectivity index (χ4v) is 4.94. The molecule has 1 saturated heterocycles. The number of fused-ring (bicyclic) bond motifs is 2. The minimum absolute atomic E-state index is 0.0468. The summed E-state index contributed by atoms with van der Waals surface area (Å²) in [5.41, 5.74) is -1.41. The molecular formula is C20H19F2N3O4S. The summed E-state index contributed by atoms with van der Waals surface area (Å²) in [6.45, 7) is 2.63. The van der Waals surface area contributed by atoms with Crippen LogP contribution in [0.15, 0.2) is 29.2 Å². The molecule has 0 spiro atoms. The molecule has 2 N–H and O–H groups in total. The molecule has 2 unspecified atom stereocenters. The number of amides is 2. The van der Waals surface area contributed by atoms with Crippen molar-refractivity contribution < 1.29 is 23.5 Å². The van der Waals surface area contributed by atoms with Crippen LogP contribution in [0.2, 0.25) is 0 Å². The minimum atomic E-state index is -0.970. The maximum atomic E-state index is 13.8. The van der Waals surface area contributed by atoms with Gasteiger partial charge in [0, 0.05) is 30.9 Å². The highest BCUT2D eigenvalue weighted by Gasteiger charge is 2.39. The molecule has 2 aliphatic heterocycles. The number of nitrogens with one attached hydrogen (secondary N) is 1. The predicted octanol–water partition coefficient (Wildman–Crippen LogP) is 1.93. The van der Waals surface area contributed by atoms with Crippen LogP contribution in [-0.4, -0.2) is 44.1 Å². The zero-order valence-corrected chi connectivity index (χ0v) is 16.8. The molecule has 7 nitrogen and oxygen atoms in total. The highest BCUT2D eigenvalue weighted by molar-refractivity contribution is 7.99. The van der Waals surface area contributed by atoms with Crippen LogP contribution in [0, 0.1) is 17.6 Å². The maximum absolute atomic E-state index is 13.8. The number of aromatic hydroxyl groups is 1. The number of benzene rings is 1. The number of carbonyl (C=O) groups excluding carboxylic acids is 2. The summed E-state index contributed by atoms with van der Waals surface area (Å²) in [5.74, 6) is -2.43. The monoisotopic (exact) mass is 435 g/mol. The summed E-state index contributed by atoms with van der Waals surface area (Å²) in [7, 11) is 0. The van der Waals surface area contributed by atoms with Crippen molar-refractivity contribution in [1.82, 2.24) is 14.8 Å². The fourth-order valence-electron chi connectivity index (χ4n) is 3.66. The Morgan fingerprint density at radius 2 is 2.07 bits per heavy atom. The number of hydrogen-bond donors (Lipinski definition) is 2. The quantitative estimate of drug-likeness (QED) is 0.769. The van der Waals surface area contributed by atoms with Crippen LogP contribution < -0.4 is 10.7 Å². The van der Waals surface area contributed by atoms with E-state index in [1.165, 1.54) is 16.8 Å². The van der Waals surface area contributed by atoms with Crippen LogP contribution >= 0.6 is 11.8 Å². The molecule has 158 valence electrons. The van der Waals surface area contributed by atoms with Crippen LogP contribution in [-0.2, 0) is 13.1 Å². The van der Waals surface area contributed by atoms with Crippen molar-refractivity contribution in [3.63, 3.8) is 0 Å². The number of hydrogen-bond acceptors (Lipinski definition) is 5. The van der Waals surface area contributed by atoms with E-state index in [9.17, 15) is 28.3 Å². The Morgan fingerprint density at radius 3 is 2.80 bits per heavy atom. The first-order valence-corrected chi connectivity index (χ1v) is 10.4. The van der Waals surface area contributed by atoms with Crippen LogP contribution in [0.25, 0.3) is 0 Å². The molecule has 2 aromatic rings. The molecule has 0 bridgehead atoms. The SMILES string of the molecule is CC1CSC2Cn3cc(C(=O)NCc4ccc(F)cc4F)c(=O)c(O)c3C(=O)N2C1. The van der Waals surface area contributed by atoms with Gasteiger partial charge in [0.05, 0.1) is 11.9 Å². The molecule has 3 heterocycles. The molecule has 2 atom stereocenters. The lowest BCUT2D eigenvalue weighted by molar-refractivity contribution is 0.0633. The summed E-state index contributed by atoms with van der Waals surface area (Å²) in [6, 6.07) is 2.95. The molecule has 1 aromatic heterocycles. The summed E-state index contributed by atoms with van der Waals surface area (Å²) < 4.78 is 28.2. The summed E-state index contributed by atoms with van der Waals surface area (Å²) in [6.07, 6.45) is 1.25. The lowest BCUT2D eigenvalue weighted by atomic mass is 10.1. The normalized spacial score (nSPS) is 20.5. The van der Waals surface area contributed by atoms with Crippen LogP contribution in [0.4, 0.5) is 8.78 Å². The Bertz CT molecular complexity index is 1100. The Hall–Kier alpha value is -2.88. The molecule has 4 rings (SSSR count). The van der Waals surface area contributed by atoms with Crippen LogP contribution in [0.3, 0.4) is 0 Å². The second-order valence-electron chi connectivity index (χ2n) is 7.49. The predicted molar refractivity (Wildman–Crippen MR) is 106 cm³/mol. The zero-order valence-electron chi connectivity index (χ0n) is 16.0. The van der Waals surface area contributed by atoms with Crippen molar-refractivity contribution in [2.45, 2.75) is 25.4 Å². The number of pyridine rings is 1.